The Hall–Kier alpha value is -3.21. The van der Waals surface area contributed by atoms with Gasteiger partial charge in [0.2, 0.25) is 0 Å². The quantitative estimate of drug-likeness (QED) is 0.894. The number of nitrogens with zero attached hydrogens (tertiary/aromatic N) is 4. The molecular weight excluding hydrogens is 308 g/mol. The maximum atomic E-state index is 11.8. The number of benzene rings is 1. The van der Waals surface area contributed by atoms with E-state index in [1.807, 2.05) is 23.1 Å². The average molecular weight is 326 g/mol. The topological polar surface area (TPSA) is 97.3 Å². The molecule has 1 aliphatic heterocycles. The highest BCUT2D eigenvalue weighted by Gasteiger charge is 2.28. The fourth-order valence-corrected chi connectivity index (χ4v) is 2.71. The van der Waals surface area contributed by atoms with Gasteiger partial charge in [-0.25, -0.2) is 9.78 Å². The van der Waals surface area contributed by atoms with Crippen LogP contribution in [0.25, 0.3) is 0 Å². The molecule has 0 bridgehead atoms. The van der Waals surface area contributed by atoms with Crippen LogP contribution in [-0.4, -0.2) is 43.2 Å². The van der Waals surface area contributed by atoms with Crippen molar-refractivity contribution in [3.05, 3.63) is 36.4 Å². The molecule has 2 amide bonds. The number of imidazole rings is 1. The van der Waals surface area contributed by atoms with Gasteiger partial charge in [0.15, 0.2) is 6.04 Å². The first-order valence-corrected chi connectivity index (χ1v) is 7.53. The smallest absolute Gasteiger partial charge is 0.321 e. The second-order valence-electron chi connectivity index (χ2n) is 5.33. The van der Waals surface area contributed by atoms with Crippen molar-refractivity contribution in [2.75, 3.05) is 37.0 Å². The van der Waals surface area contributed by atoms with E-state index in [1.165, 1.54) is 4.90 Å². The highest BCUT2D eigenvalue weighted by molar-refractivity contribution is 5.92. The van der Waals surface area contributed by atoms with Crippen LogP contribution in [-0.2, 0) is 0 Å². The van der Waals surface area contributed by atoms with Gasteiger partial charge in [-0.3, -0.25) is 4.90 Å². The van der Waals surface area contributed by atoms with E-state index >= 15 is 0 Å². The third-order valence-corrected chi connectivity index (χ3v) is 3.98. The van der Waals surface area contributed by atoms with E-state index in [4.69, 9.17) is 4.74 Å². The first-order valence-electron chi connectivity index (χ1n) is 7.53. The van der Waals surface area contributed by atoms with Gasteiger partial charge in [-0.05, 0) is 18.2 Å². The largest absolute Gasteiger partial charge is 0.490 e. The number of H-pyrrole nitrogens is 1. The number of fused-ring (bicyclic) bond motifs is 1. The van der Waals surface area contributed by atoms with Crippen LogP contribution in [0, 0.1) is 11.3 Å². The summed E-state index contributed by atoms with van der Waals surface area (Å²) < 4.78 is 5.69. The van der Waals surface area contributed by atoms with Crippen molar-refractivity contribution in [3.8, 4) is 11.8 Å². The number of carbonyl (C=O) groups is 1. The number of amides is 2. The van der Waals surface area contributed by atoms with Crippen LogP contribution in [0.4, 0.5) is 16.2 Å². The number of rotatable bonds is 3. The number of aromatic nitrogens is 2. The predicted octanol–water partition coefficient (Wildman–Crippen LogP) is 1.65. The minimum atomic E-state index is -0.528. The SMILES string of the molecule is CNC(=O)N(C)c1ccc2c(c1)N(C(C#N)c1c[nH]cn1)CCO2. The molecule has 1 atom stereocenters. The van der Waals surface area contributed by atoms with Crippen molar-refractivity contribution in [1.29, 1.82) is 5.26 Å². The maximum absolute atomic E-state index is 11.8. The fraction of sp³-hybridized carbons (Fsp3) is 0.312. The van der Waals surface area contributed by atoms with Crippen molar-refractivity contribution in [2.24, 2.45) is 0 Å². The van der Waals surface area contributed by atoms with Crippen LogP contribution in [0.5, 0.6) is 5.75 Å². The first-order chi connectivity index (χ1) is 11.7. The Morgan fingerprint density at radius 2 is 2.42 bits per heavy atom. The summed E-state index contributed by atoms with van der Waals surface area (Å²) in [6.07, 6.45) is 3.26. The molecule has 3 rings (SSSR count). The lowest BCUT2D eigenvalue weighted by Crippen LogP contribution is -2.37. The first kappa shape index (κ1) is 15.7. The predicted molar refractivity (Wildman–Crippen MR) is 89.1 cm³/mol. The number of anilines is 2. The Bertz CT molecular complexity index is 767. The number of nitriles is 1. The summed E-state index contributed by atoms with van der Waals surface area (Å²) in [6, 6.07) is 7.02. The Morgan fingerprint density at radius 1 is 1.58 bits per heavy atom. The lowest BCUT2D eigenvalue weighted by Gasteiger charge is -2.34. The van der Waals surface area contributed by atoms with Crippen molar-refractivity contribution >= 4 is 17.4 Å². The lowest BCUT2D eigenvalue weighted by atomic mass is 10.1. The number of hydrogen-bond donors (Lipinski definition) is 2. The van der Waals surface area contributed by atoms with Crippen molar-refractivity contribution < 1.29 is 9.53 Å². The van der Waals surface area contributed by atoms with Crippen LogP contribution in [0.1, 0.15) is 11.7 Å². The van der Waals surface area contributed by atoms with Crippen molar-refractivity contribution in [1.82, 2.24) is 15.3 Å². The summed E-state index contributed by atoms with van der Waals surface area (Å²) in [6.45, 7) is 1.05. The third-order valence-electron chi connectivity index (χ3n) is 3.98. The molecule has 0 saturated carbocycles. The molecule has 0 fully saturated rings. The van der Waals surface area contributed by atoms with Gasteiger partial charge in [-0.1, -0.05) is 0 Å². The molecule has 24 heavy (non-hydrogen) atoms. The minimum absolute atomic E-state index is 0.220. The van der Waals surface area contributed by atoms with Gasteiger partial charge >= 0.3 is 6.03 Å². The molecule has 2 aromatic rings. The molecule has 0 spiro atoms. The molecule has 2 heterocycles. The summed E-state index contributed by atoms with van der Waals surface area (Å²) in [5.74, 6) is 0.686. The van der Waals surface area contributed by atoms with Gasteiger partial charge in [-0.15, -0.1) is 0 Å². The maximum Gasteiger partial charge on any atom is 0.321 e. The molecule has 0 aliphatic carbocycles. The second-order valence-corrected chi connectivity index (χ2v) is 5.33. The molecule has 1 aromatic heterocycles. The highest BCUT2D eigenvalue weighted by atomic mass is 16.5. The molecular formula is C16H18N6O2. The molecule has 8 heteroatoms. The van der Waals surface area contributed by atoms with Gasteiger partial charge < -0.3 is 19.9 Å². The molecule has 2 N–H and O–H groups in total. The van der Waals surface area contributed by atoms with E-state index in [0.717, 1.165) is 5.69 Å². The van der Waals surface area contributed by atoms with Crippen LogP contribution >= 0.6 is 0 Å². The zero-order valence-electron chi connectivity index (χ0n) is 13.5. The average Bonchev–Trinajstić information content (AvgIpc) is 3.15. The summed E-state index contributed by atoms with van der Waals surface area (Å²) in [5.41, 5.74) is 2.13. The van der Waals surface area contributed by atoms with Gasteiger partial charge in [0.25, 0.3) is 0 Å². The Labute approximate surface area is 139 Å². The Morgan fingerprint density at radius 3 is 3.08 bits per heavy atom. The zero-order chi connectivity index (χ0) is 17.1. The second kappa shape index (κ2) is 6.50. The standard InChI is InChI=1S/C16H18N6O2/c1-18-16(23)21(2)11-3-4-15-13(7-11)22(5-6-24-15)14(8-17)12-9-19-10-20-12/h3-4,7,9-10,14H,5-6H2,1-2H3,(H,18,23)(H,19,20). The lowest BCUT2D eigenvalue weighted by molar-refractivity contribution is 0.249. The van der Waals surface area contributed by atoms with Crippen LogP contribution in [0.2, 0.25) is 0 Å². The molecule has 124 valence electrons. The van der Waals surface area contributed by atoms with Crippen molar-refractivity contribution in [3.63, 3.8) is 0 Å². The van der Waals surface area contributed by atoms with Gasteiger partial charge in [0.05, 0.1) is 30.3 Å². The fourth-order valence-electron chi connectivity index (χ4n) is 2.71. The van der Waals surface area contributed by atoms with Gasteiger partial charge in [0.1, 0.15) is 12.4 Å². The molecule has 8 nitrogen and oxygen atoms in total. The van der Waals surface area contributed by atoms with E-state index in [2.05, 4.69) is 21.4 Å². The summed E-state index contributed by atoms with van der Waals surface area (Å²) in [4.78, 5) is 22.4. The molecule has 1 aromatic carbocycles. The zero-order valence-corrected chi connectivity index (χ0v) is 13.5. The molecule has 1 aliphatic rings. The number of urea groups is 1. The summed E-state index contributed by atoms with van der Waals surface area (Å²) in [7, 11) is 3.26. The van der Waals surface area contributed by atoms with Crippen molar-refractivity contribution in [2.45, 2.75) is 6.04 Å². The highest BCUT2D eigenvalue weighted by Crippen LogP contribution is 2.39. The van der Waals surface area contributed by atoms with E-state index in [0.29, 0.717) is 30.3 Å². The van der Waals surface area contributed by atoms with Crippen LogP contribution in [0.15, 0.2) is 30.7 Å². The van der Waals surface area contributed by atoms with Crippen LogP contribution in [0.3, 0.4) is 0 Å². The monoisotopic (exact) mass is 326 g/mol. The van der Waals surface area contributed by atoms with Gasteiger partial charge in [-0.2, -0.15) is 5.26 Å². The normalized spacial score (nSPS) is 14.1. The van der Waals surface area contributed by atoms with E-state index in [1.54, 1.807) is 26.6 Å². The van der Waals surface area contributed by atoms with Gasteiger partial charge in [0, 0.05) is 26.0 Å². The van der Waals surface area contributed by atoms with E-state index < -0.39 is 6.04 Å². The summed E-state index contributed by atoms with van der Waals surface area (Å²) >= 11 is 0. The Balaban J connectivity index is 1.99. The number of aromatic amines is 1. The molecule has 1 unspecified atom stereocenters. The van der Waals surface area contributed by atoms with E-state index in [-0.39, 0.29) is 6.03 Å². The minimum Gasteiger partial charge on any atom is -0.490 e. The Kier molecular flexibility index (Phi) is 4.24. The summed E-state index contributed by atoms with van der Waals surface area (Å²) in [5, 5.41) is 12.2. The molecule has 0 saturated heterocycles. The number of ether oxygens (including phenoxy) is 1. The molecule has 0 radical (unpaired) electrons. The third kappa shape index (κ3) is 2.72. The van der Waals surface area contributed by atoms with E-state index in [9.17, 15) is 10.1 Å². The number of nitrogens with one attached hydrogen (secondary N) is 2. The number of carbonyl (C=O) groups excluding carboxylic acids is 1. The van der Waals surface area contributed by atoms with Crippen LogP contribution < -0.4 is 19.9 Å². The number of hydrogen-bond acceptors (Lipinski definition) is 5.